The standard InChI is InChI=1S/C16H16F3NO2/c17-16(18,19)10-2-1-3-11(7-10)20-14(21)12-8-4-5-9(6-8)13(12)15(20)22/h1-3,7-9,12-14,21H,4-6H2/t8?,9?,12-,13+,14?/m1/s1. The lowest BCUT2D eigenvalue weighted by molar-refractivity contribution is -0.137. The predicted octanol–water partition coefficient (Wildman–Crippen LogP) is 3.03. The van der Waals surface area contributed by atoms with E-state index in [1.165, 1.54) is 17.0 Å². The Morgan fingerprint density at radius 3 is 2.59 bits per heavy atom. The van der Waals surface area contributed by atoms with Crippen LogP contribution in [-0.2, 0) is 11.0 Å². The number of halogens is 3. The molecule has 1 amide bonds. The van der Waals surface area contributed by atoms with Gasteiger partial charge in [-0.3, -0.25) is 9.69 Å². The van der Waals surface area contributed by atoms with Crippen LogP contribution in [0.1, 0.15) is 24.8 Å². The summed E-state index contributed by atoms with van der Waals surface area (Å²) in [4.78, 5) is 13.8. The van der Waals surface area contributed by atoms with Crippen molar-refractivity contribution in [2.75, 3.05) is 4.90 Å². The lowest BCUT2D eigenvalue weighted by atomic mass is 9.81. The van der Waals surface area contributed by atoms with E-state index in [1.807, 2.05) is 0 Å². The van der Waals surface area contributed by atoms with Crippen molar-refractivity contribution in [1.82, 2.24) is 0 Å². The number of carbonyl (C=O) groups excluding carboxylic acids is 1. The highest BCUT2D eigenvalue weighted by Gasteiger charge is 2.60. The van der Waals surface area contributed by atoms with Gasteiger partial charge in [0.2, 0.25) is 5.91 Å². The molecule has 3 fully saturated rings. The van der Waals surface area contributed by atoms with E-state index in [9.17, 15) is 23.1 Å². The monoisotopic (exact) mass is 311 g/mol. The molecule has 1 N–H and O–H groups in total. The average Bonchev–Trinajstić information content (AvgIpc) is 3.12. The molecule has 1 aromatic carbocycles. The Labute approximate surface area is 125 Å². The maximum Gasteiger partial charge on any atom is 0.416 e. The molecule has 3 aliphatic rings. The first kappa shape index (κ1) is 14.1. The predicted molar refractivity (Wildman–Crippen MR) is 72.7 cm³/mol. The zero-order valence-electron chi connectivity index (χ0n) is 11.8. The molecule has 22 heavy (non-hydrogen) atoms. The lowest BCUT2D eigenvalue weighted by Crippen LogP contribution is -2.37. The summed E-state index contributed by atoms with van der Waals surface area (Å²) in [6, 6.07) is 4.66. The number of fused-ring (bicyclic) bond motifs is 5. The van der Waals surface area contributed by atoms with Crippen LogP contribution in [-0.4, -0.2) is 17.2 Å². The molecular formula is C16H16F3NO2. The fourth-order valence-corrected chi connectivity index (χ4v) is 4.71. The molecule has 1 saturated heterocycles. The van der Waals surface area contributed by atoms with Gasteiger partial charge in [-0.15, -0.1) is 0 Å². The van der Waals surface area contributed by atoms with Crippen molar-refractivity contribution in [2.24, 2.45) is 23.7 Å². The largest absolute Gasteiger partial charge is 0.416 e. The molecule has 0 aromatic heterocycles. The normalized spacial score (nSPS) is 37.0. The summed E-state index contributed by atoms with van der Waals surface area (Å²) in [5, 5.41) is 10.5. The van der Waals surface area contributed by atoms with Crippen LogP contribution in [0.25, 0.3) is 0 Å². The van der Waals surface area contributed by atoms with E-state index in [4.69, 9.17) is 0 Å². The van der Waals surface area contributed by atoms with Crippen LogP contribution in [0.5, 0.6) is 0 Å². The van der Waals surface area contributed by atoms with Gasteiger partial charge in [-0.1, -0.05) is 6.07 Å². The molecule has 0 radical (unpaired) electrons. The minimum atomic E-state index is -4.46. The van der Waals surface area contributed by atoms with E-state index in [0.29, 0.717) is 5.92 Å². The van der Waals surface area contributed by atoms with Crippen LogP contribution >= 0.6 is 0 Å². The summed E-state index contributed by atoms with van der Waals surface area (Å²) in [7, 11) is 0. The summed E-state index contributed by atoms with van der Waals surface area (Å²) in [6.07, 6.45) is -2.50. The van der Waals surface area contributed by atoms with Gasteiger partial charge in [0.05, 0.1) is 5.56 Å². The molecule has 3 nitrogen and oxygen atoms in total. The number of benzene rings is 1. The van der Waals surface area contributed by atoms with E-state index in [0.717, 1.165) is 31.4 Å². The van der Waals surface area contributed by atoms with Crippen molar-refractivity contribution in [3.8, 4) is 0 Å². The third kappa shape index (κ3) is 1.82. The Hall–Kier alpha value is -1.56. The average molecular weight is 311 g/mol. The third-order valence-electron chi connectivity index (χ3n) is 5.56. The Balaban J connectivity index is 1.70. The number of alkyl halides is 3. The molecule has 0 spiro atoms. The molecule has 6 heteroatoms. The van der Waals surface area contributed by atoms with Gasteiger partial charge in [-0.05, 0) is 49.3 Å². The maximum absolute atomic E-state index is 12.8. The molecule has 2 bridgehead atoms. The van der Waals surface area contributed by atoms with Gasteiger partial charge >= 0.3 is 6.18 Å². The van der Waals surface area contributed by atoms with E-state index in [2.05, 4.69) is 0 Å². The van der Waals surface area contributed by atoms with Gasteiger partial charge in [0.25, 0.3) is 0 Å². The van der Waals surface area contributed by atoms with Gasteiger partial charge < -0.3 is 5.11 Å². The number of nitrogens with zero attached hydrogens (tertiary/aromatic N) is 1. The van der Waals surface area contributed by atoms with Crippen molar-refractivity contribution in [3.05, 3.63) is 29.8 Å². The molecular weight excluding hydrogens is 295 g/mol. The number of hydrogen-bond acceptors (Lipinski definition) is 2. The van der Waals surface area contributed by atoms with Gasteiger partial charge in [0, 0.05) is 17.5 Å². The fourth-order valence-electron chi connectivity index (χ4n) is 4.71. The number of hydrogen-bond donors (Lipinski definition) is 1. The first-order valence-electron chi connectivity index (χ1n) is 7.56. The molecule has 1 aliphatic heterocycles. The Bertz CT molecular complexity index is 630. The zero-order chi connectivity index (χ0) is 15.6. The summed E-state index contributed by atoms with van der Waals surface area (Å²) in [5.41, 5.74) is -0.661. The molecule has 1 aromatic rings. The maximum atomic E-state index is 12.8. The van der Waals surface area contributed by atoms with Crippen LogP contribution in [0.4, 0.5) is 18.9 Å². The second kappa shape index (κ2) is 4.47. The summed E-state index contributed by atoms with van der Waals surface area (Å²) in [5.74, 6) is 0.0470. The van der Waals surface area contributed by atoms with Crippen LogP contribution in [0.15, 0.2) is 24.3 Å². The number of aliphatic hydroxyl groups is 1. The van der Waals surface area contributed by atoms with Crippen LogP contribution in [0.3, 0.4) is 0 Å². The van der Waals surface area contributed by atoms with Crippen molar-refractivity contribution in [1.29, 1.82) is 0 Å². The number of amides is 1. The molecule has 118 valence electrons. The van der Waals surface area contributed by atoms with E-state index >= 15 is 0 Å². The minimum Gasteiger partial charge on any atom is -0.373 e. The van der Waals surface area contributed by atoms with Gasteiger partial charge in [0.15, 0.2) is 0 Å². The van der Waals surface area contributed by atoms with E-state index < -0.39 is 18.0 Å². The highest BCUT2D eigenvalue weighted by atomic mass is 19.4. The molecule has 5 atom stereocenters. The smallest absolute Gasteiger partial charge is 0.373 e. The van der Waals surface area contributed by atoms with E-state index in [-0.39, 0.29) is 29.3 Å². The van der Waals surface area contributed by atoms with Crippen LogP contribution in [0, 0.1) is 23.7 Å². The Morgan fingerprint density at radius 2 is 1.91 bits per heavy atom. The second-order valence-electron chi connectivity index (χ2n) is 6.61. The molecule has 2 saturated carbocycles. The van der Waals surface area contributed by atoms with Crippen molar-refractivity contribution < 1.29 is 23.1 Å². The summed E-state index contributed by atoms with van der Waals surface area (Å²) in [6.45, 7) is 0. The van der Waals surface area contributed by atoms with Crippen molar-refractivity contribution >= 4 is 11.6 Å². The highest BCUT2D eigenvalue weighted by Crippen LogP contribution is 2.58. The molecule has 3 unspecified atom stereocenters. The number of anilines is 1. The first-order chi connectivity index (χ1) is 10.4. The Morgan fingerprint density at radius 1 is 1.18 bits per heavy atom. The van der Waals surface area contributed by atoms with Crippen LogP contribution < -0.4 is 4.90 Å². The number of aliphatic hydroxyl groups excluding tert-OH is 1. The molecule has 4 rings (SSSR count). The van der Waals surface area contributed by atoms with Crippen molar-refractivity contribution in [2.45, 2.75) is 31.7 Å². The number of carbonyl (C=O) groups is 1. The quantitative estimate of drug-likeness (QED) is 0.866. The Kier molecular flexibility index (Phi) is 2.86. The first-order valence-corrected chi connectivity index (χ1v) is 7.56. The summed E-state index contributed by atoms with van der Waals surface area (Å²) < 4.78 is 38.5. The SMILES string of the molecule is O=C1[C@H]2C3CCC(C3)[C@H]2C(O)N1c1cccc(C(F)(F)F)c1. The second-order valence-corrected chi connectivity index (χ2v) is 6.61. The molecule has 1 heterocycles. The van der Waals surface area contributed by atoms with Gasteiger partial charge in [0.1, 0.15) is 6.23 Å². The topological polar surface area (TPSA) is 40.5 Å². The molecule has 2 aliphatic carbocycles. The zero-order valence-corrected chi connectivity index (χ0v) is 11.8. The fraction of sp³-hybridized carbons (Fsp3) is 0.562. The summed E-state index contributed by atoms with van der Waals surface area (Å²) >= 11 is 0. The number of rotatable bonds is 1. The van der Waals surface area contributed by atoms with E-state index in [1.54, 1.807) is 0 Å². The highest BCUT2D eigenvalue weighted by molar-refractivity contribution is 5.98. The van der Waals surface area contributed by atoms with Gasteiger partial charge in [-0.25, -0.2) is 0 Å². The lowest BCUT2D eigenvalue weighted by Gasteiger charge is -2.26. The third-order valence-corrected chi connectivity index (χ3v) is 5.56. The van der Waals surface area contributed by atoms with Crippen LogP contribution in [0.2, 0.25) is 0 Å². The van der Waals surface area contributed by atoms with Crippen molar-refractivity contribution in [3.63, 3.8) is 0 Å². The van der Waals surface area contributed by atoms with Gasteiger partial charge in [-0.2, -0.15) is 13.2 Å². The minimum absolute atomic E-state index is 0.124.